The lowest BCUT2D eigenvalue weighted by molar-refractivity contribution is -0.148. The number of nitrogens with one attached hydrogen (secondary N) is 1. The second-order valence-electron chi connectivity index (χ2n) is 7.80. The van der Waals surface area contributed by atoms with Gasteiger partial charge in [0.05, 0.1) is 11.8 Å². The molecule has 0 spiro atoms. The summed E-state index contributed by atoms with van der Waals surface area (Å²) in [4.78, 5) is 41.1. The maximum Gasteiger partial charge on any atom is 0.243 e. The van der Waals surface area contributed by atoms with E-state index in [1.165, 1.54) is 4.90 Å². The highest BCUT2D eigenvalue weighted by atomic mass is 32.2. The van der Waals surface area contributed by atoms with Crippen molar-refractivity contribution < 1.29 is 14.4 Å². The maximum absolute atomic E-state index is 12.9. The molecule has 1 fully saturated rings. The summed E-state index contributed by atoms with van der Waals surface area (Å²) >= 11 is 1.67. The Labute approximate surface area is 170 Å². The summed E-state index contributed by atoms with van der Waals surface area (Å²) in [5.74, 6) is -0.243. The number of hydrogen-bond acceptors (Lipinski definition) is 4. The van der Waals surface area contributed by atoms with Gasteiger partial charge in [0.2, 0.25) is 17.7 Å². The number of likely N-dealkylation sites (tertiary alicyclic amines) is 1. The van der Waals surface area contributed by atoms with E-state index in [1.807, 2.05) is 56.3 Å². The van der Waals surface area contributed by atoms with Gasteiger partial charge in [0.1, 0.15) is 6.04 Å². The maximum atomic E-state index is 12.9. The fourth-order valence-electron chi connectivity index (χ4n) is 3.89. The molecule has 150 valence electrons. The summed E-state index contributed by atoms with van der Waals surface area (Å²) < 4.78 is 0. The molecule has 28 heavy (non-hydrogen) atoms. The third kappa shape index (κ3) is 4.66. The molecule has 5 nitrogen and oxygen atoms in total. The third-order valence-electron chi connectivity index (χ3n) is 5.26. The van der Waals surface area contributed by atoms with Gasteiger partial charge in [-0.15, -0.1) is 11.8 Å². The number of hydrogen-bond donors (Lipinski definition) is 1. The van der Waals surface area contributed by atoms with E-state index in [1.54, 1.807) is 11.8 Å². The molecule has 2 aliphatic rings. The monoisotopic (exact) mass is 400 g/mol. The summed E-state index contributed by atoms with van der Waals surface area (Å²) in [5, 5.41) is 2.94. The van der Waals surface area contributed by atoms with E-state index in [0.717, 1.165) is 10.6 Å². The third-order valence-corrected chi connectivity index (χ3v) is 6.28. The standard InChI is InChI=1S/C22H28N2O3S/c1-15(2)14-19(20(25)23-12-13-28-16-8-4-3-5-9-16)24-21(26)17-10-6-7-11-18(17)22(24)27/h3-9,15,17-19H,10-14H2,1-2H3,(H,23,25). The number of carbonyl (C=O) groups is 3. The average molecular weight is 401 g/mol. The number of carbonyl (C=O) groups excluding carboxylic acids is 3. The minimum atomic E-state index is -0.715. The number of thioether (sulfide) groups is 1. The van der Waals surface area contributed by atoms with Gasteiger partial charge in [0.25, 0.3) is 0 Å². The molecule has 1 heterocycles. The van der Waals surface area contributed by atoms with E-state index in [4.69, 9.17) is 0 Å². The number of amides is 3. The molecule has 0 radical (unpaired) electrons. The molecule has 1 aromatic rings. The molecule has 1 saturated heterocycles. The van der Waals surface area contributed by atoms with E-state index in [-0.39, 0.29) is 35.5 Å². The van der Waals surface area contributed by atoms with Gasteiger partial charge in [0.15, 0.2) is 0 Å². The molecule has 3 amide bonds. The van der Waals surface area contributed by atoms with Crippen molar-refractivity contribution in [2.75, 3.05) is 12.3 Å². The number of rotatable bonds is 8. The molecule has 3 rings (SSSR count). The first-order valence-electron chi connectivity index (χ1n) is 9.96. The molecule has 1 aliphatic carbocycles. The lowest BCUT2D eigenvalue weighted by atomic mass is 9.85. The Morgan fingerprint density at radius 1 is 1.11 bits per heavy atom. The first-order chi connectivity index (χ1) is 13.5. The van der Waals surface area contributed by atoms with Crippen LogP contribution in [0, 0.1) is 17.8 Å². The molecule has 6 heteroatoms. The zero-order valence-electron chi connectivity index (χ0n) is 16.5. The molecule has 1 aliphatic heterocycles. The zero-order valence-corrected chi connectivity index (χ0v) is 17.3. The van der Waals surface area contributed by atoms with E-state index >= 15 is 0 Å². The van der Waals surface area contributed by atoms with E-state index in [9.17, 15) is 14.4 Å². The van der Waals surface area contributed by atoms with Crippen molar-refractivity contribution in [1.29, 1.82) is 0 Å². The SMILES string of the molecule is CC(C)CC(C(=O)NCCSc1ccccc1)N1C(=O)C2CC=CCC2C1=O. The molecular formula is C22H28N2O3S. The van der Waals surface area contributed by atoms with Gasteiger partial charge in [-0.2, -0.15) is 0 Å². The van der Waals surface area contributed by atoms with Crippen molar-refractivity contribution in [1.82, 2.24) is 10.2 Å². The van der Waals surface area contributed by atoms with Crippen molar-refractivity contribution in [2.45, 2.75) is 44.0 Å². The Kier molecular flexibility index (Phi) is 6.94. The predicted octanol–water partition coefficient (Wildman–Crippen LogP) is 3.26. The number of nitrogens with zero attached hydrogens (tertiary/aromatic N) is 1. The van der Waals surface area contributed by atoms with Crippen molar-refractivity contribution >= 4 is 29.5 Å². The van der Waals surface area contributed by atoms with Gasteiger partial charge >= 0.3 is 0 Å². The fraction of sp³-hybridized carbons (Fsp3) is 0.500. The van der Waals surface area contributed by atoms with Crippen molar-refractivity contribution in [2.24, 2.45) is 17.8 Å². The van der Waals surface area contributed by atoms with Gasteiger partial charge < -0.3 is 5.32 Å². The van der Waals surface area contributed by atoms with Crippen molar-refractivity contribution in [3.8, 4) is 0 Å². The Bertz CT molecular complexity index is 721. The summed E-state index contributed by atoms with van der Waals surface area (Å²) in [7, 11) is 0. The smallest absolute Gasteiger partial charge is 0.243 e. The topological polar surface area (TPSA) is 66.5 Å². The van der Waals surface area contributed by atoms with Crippen LogP contribution < -0.4 is 5.32 Å². The van der Waals surface area contributed by atoms with Gasteiger partial charge in [-0.3, -0.25) is 19.3 Å². The first kappa shape index (κ1) is 20.6. The molecular weight excluding hydrogens is 372 g/mol. The molecule has 0 saturated carbocycles. The van der Waals surface area contributed by atoms with Crippen LogP contribution in [0.15, 0.2) is 47.4 Å². The summed E-state index contributed by atoms with van der Waals surface area (Å²) in [5.41, 5.74) is 0. The molecule has 3 unspecified atom stereocenters. The van der Waals surface area contributed by atoms with Gasteiger partial charge in [0, 0.05) is 17.2 Å². The number of imide groups is 1. The summed E-state index contributed by atoms with van der Waals surface area (Å²) in [6.45, 7) is 4.51. The normalized spacial score (nSPS) is 22.5. The lowest BCUT2D eigenvalue weighted by Crippen LogP contribution is -2.51. The second kappa shape index (κ2) is 9.41. The van der Waals surface area contributed by atoms with E-state index < -0.39 is 6.04 Å². The van der Waals surface area contributed by atoms with Crippen LogP contribution in [0.3, 0.4) is 0 Å². The molecule has 0 aromatic heterocycles. The van der Waals surface area contributed by atoms with Crippen LogP contribution in [0.4, 0.5) is 0 Å². The Morgan fingerprint density at radius 2 is 1.71 bits per heavy atom. The summed E-state index contributed by atoms with van der Waals surface area (Å²) in [6, 6.07) is 9.29. The van der Waals surface area contributed by atoms with Crippen LogP contribution in [-0.2, 0) is 14.4 Å². The minimum Gasteiger partial charge on any atom is -0.353 e. The average Bonchev–Trinajstić information content (AvgIpc) is 2.95. The minimum absolute atomic E-state index is 0.182. The van der Waals surface area contributed by atoms with Crippen LogP contribution in [0.1, 0.15) is 33.1 Å². The fourth-order valence-corrected chi connectivity index (χ4v) is 4.68. The second-order valence-corrected chi connectivity index (χ2v) is 8.97. The largest absolute Gasteiger partial charge is 0.353 e. The summed E-state index contributed by atoms with van der Waals surface area (Å²) in [6.07, 6.45) is 5.61. The highest BCUT2D eigenvalue weighted by Crippen LogP contribution is 2.37. The molecule has 0 bridgehead atoms. The molecule has 1 aromatic carbocycles. The molecule has 1 N–H and O–H groups in total. The van der Waals surface area contributed by atoms with E-state index in [0.29, 0.717) is 25.8 Å². The van der Waals surface area contributed by atoms with Crippen LogP contribution in [0.25, 0.3) is 0 Å². The predicted molar refractivity (Wildman–Crippen MR) is 111 cm³/mol. The number of fused-ring (bicyclic) bond motifs is 1. The van der Waals surface area contributed by atoms with Crippen LogP contribution in [0.2, 0.25) is 0 Å². The van der Waals surface area contributed by atoms with Gasteiger partial charge in [-0.25, -0.2) is 0 Å². The number of allylic oxidation sites excluding steroid dienone is 2. The van der Waals surface area contributed by atoms with Crippen molar-refractivity contribution in [3.05, 3.63) is 42.5 Å². The van der Waals surface area contributed by atoms with Gasteiger partial charge in [-0.05, 0) is 37.3 Å². The van der Waals surface area contributed by atoms with Crippen molar-refractivity contribution in [3.63, 3.8) is 0 Å². The van der Waals surface area contributed by atoms with Crippen LogP contribution in [0.5, 0.6) is 0 Å². The zero-order chi connectivity index (χ0) is 20.1. The Balaban J connectivity index is 1.62. The first-order valence-corrected chi connectivity index (χ1v) is 10.9. The highest BCUT2D eigenvalue weighted by molar-refractivity contribution is 7.99. The van der Waals surface area contributed by atoms with Crippen LogP contribution >= 0.6 is 11.8 Å². The molecule has 3 atom stereocenters. The number of benzene rings is 1. The Morgan fingerprint density at radius 3 is 2.29 bits per heavy atom. The Hall–Kier alpha value is -2.08. The quantitative estimate of drug-likeness (QED) is 0.315. The van der Waals surface area contributed by atoms with E-state index in [2.05, 4.69) is 5.32 Å². The van der Waals surface area contributed by atoms with Crippen LogP contribution in [-0.4, -0.2) is 41.0 Å². The highest BCUT2D eigenvalue weighted by Gasteiger charge is 2.51. The lowest BCUT2D eigenvalue weighted by Gasteiger charge is -2.27. The van der Waals surface area contributed by atoms with Gasteiger partial charge in [-0.1, -0.05) is 44.2 Å².